The number of halogens is 3. The number of aromatic nitrogens is 1. The fourth-order valence-corrected chi connectivity index (χ4v) is 3.45. The SMILES string of the molecule is C[C@H]1CC(O)(c2ccc(C(F)(F)F)cc2)C[C@@H](c2ccc(=O)[nH]c2)N1. The highest BCUT2D eigenvalue weighted by Crippen LogP contribution is 2.40. The molecule has 1 aromatic carbocycles. The normalized spacial score (nSPS) is 27.2. The van der Waals surface area contributed by atoms with E-state index in [9.17, 15) is 23.1 Å². The van der Waals surface area contributed by atoms with E-state index in [1.165, 1.54) is 18.2 Å². The number of H-pyrrole nitrogens is 1. The van der Waals surface area contributed by atoms with E-state index >= 15 is 0 Å². The van der Waals surface area contributed by atoms with Gasteiger partial charge in [0.25, 0.3) is 0 Å². The Hall–Kier alpha value is -2.12. The molecule has 2 aromatic rings. The van der Waals surface area contributed by atoms with Crippen molar-refractivity contribution in [3.8, 4) is 0 Å². The Balaban J connectivity index is 1.89. The second-order valence-corrected chi connectivity index (χ2v) is 6.62. The van der Waals surface area contributed by atoms with E-state index in [0.29, 0.717) is 18.4 Å². The lowest BCUT2D eigenvalue weighted by atomic mass is 9.77. The van der Waals surface area contributed by atoms with Crippen molar-refractivity contribution in [1.82, 2.24) is 10.3 Å². The second-order valence-electron chi connectivity index (χ2n) is 6.62. The molecule has 25 heavy (non-hydrogen) atoms. The topological polar surface area (TPSA) is 65.1 Å². The Morgan fingerprint density at radius 3 is 2.36 bits per heavy atom. The number of hydrogen-bond donors (Lipinski definition) is 3. The molecule has 1 aromatic heterocycles. The number of rotatable bonds is 2. The number of aromatic amines is 1. The number of pyridine rings is 1. The minimum absolute atomic E-state index is 0.0435. The summed E-state index contributed by atoms with van der Waals surface area (Å²) in [5.41, 5.74) is -0.917. The van der Waals surface area contributed by atoms with Crippen LogP contribution in [0.15, 0.2) is 47.4 Å². The summed E-state index contributed by atoms with van der Waals surface area (Å²) < 4.78 is 38.2. The van der Waals surface area contributed by atoms with E-state index in [0.717, 1.165) is 17.7 Å². The molecule has 4 nitrogen and oxygen atoms in total. The van der Waals surface area contributed by atoms with Crippen molar-refractivity contribution < 1.29 is 18.3 Å². The zero-order valence-corrected chi connectivity index (χ0v) is 13.6. The molecule has 0 bridgehead atoms. The van der Waals surface area contributed by atoms with Gasteiger partial charge in [-0.3, -0.25) is 4.79 Å². The van der Waals surface area contributed by atoms with Gasteiger partial charge in [0.05, 0.1) is 11.2 Å². The predicted octanol–water partition coefficient (Wildman–Crippen LogP) is 3.09. The molecule has 1 fully saturated rings. The van der Waals surface area contributed by atoms with Gasteiger partial charge < -0.3 is 15.4 Å². The van der Waals surface area contributed by atoms with Gasteiger partial charge in [-0.1, -0.05) is 18.2 Å². The van der Waals surface area contributed by atoms with Crippen molar-refractivity contribution in [2.45, 2.75) is 43.6 Å². The van der Waals surface area contributed by atoms with E-state index in [1.54, 1.807) is 12.3 Å². The standard InChI is InChI=1S/C18H19F3N2O2/c1-11-8-17(25,13-3-5-14(6-4-13)18(19,20)21)9-15(23-11)12-2-7-16(24)22-10-12/h2-7,10-11,15,23,25H,8-9H2,1H3,(H,22,24)/t11-,15-,17?/m0/s1. The summed E-state index contributed by atoms with van der Waals surface area (Å²) in [6.07, 6.45) is -2.13. The Morgan fingerprint density at radius 1 is 1.12 bits per heavy atom. The molecule has 0 radical (unpaired) electrons. The van der Waals surface area contributed by atoms with Crippen LogP contribution in [0.25, 0.3) is 0 Å². The van der Waals surface area contributed by atoms with Gasteiger partial charge in [0.1, 0.15) is 0 Å². The molecule has 7 heteroatoms. The van der Waals surface area contributed by atoms with E-state index in [2.05, 4.69) is 10.3 Å². The molecule has 3 atom stereocenters. The van der Waals surface area contributed by atoms with Crippen LogP contribution in [0, 0.1) is 0 Å². The maximum Gasteiger partial charge on any atom is 0.416 e. The first-order chi connectivity index (χ1) is 11.7. The average Bonchev–Trinajstić information content (AvgIpc) is 2.54. The summed E-state index contributed by atoms with van der Waals surface area (Å²) in [7, 11) is 0. The van der Waals surface area contributed by atoms with Gasteiger partial charge in [0.2, 0.25) is 5.56 Å². The third kappa shape index (κ3) is 3.77. The van der Waals surface area contributed by atoms with Gasteiger partial charge in [0, 0.05) is 24.3 Å². The van der Waals surface area contributed by atoms with Gasteiger partial charge in [-0.15, -0.1) is 0 Å². The van der Waals surface area contributed by atoms with Crippen LogP contribution in [-0.2, 0) is 11.8 Å². The van der Waals surface area contributed by atoms with Gasteiger partial charge >= 0.3 is 6.18 Å². The van der Waals surface area contributed by atoms with E-state index in [1.807, 2.05) is 6.92 Å². The van der Waals surface area contributed by atoms with Crippen LogP contribution in [0.4, 0.5) is 13.2 Å². The number of nitrogens with one attached hydrogen (secondary N) is 2. The Bertz CT molecular complexity index is 781. The highest BCUT2D eigenvalue weighted by Gasteiger charge is 2.40. The molecule has 0 saturated carbocycles. The summed E-state index contributed by atoms with van der Waals surface area (Å²) in [6, 6.07) is 7.50. The molecule has 1 saturated heterocycles. The van der Waals surface area contributed by atoms with Gasteiger partial charge in [-0.2, -0.15) is 13.2 Å². The number of benzene rings is 1. The summed E-state index contributed by atoms with van der Waals surface area (Å²) in [5.74, 6) is 0. The summed E-state index contributed by atoms with van der Waals surface area (Å²) in [5, 5.41) is 14.5. The molecule has 1 aliphatic heterocycles. The molecule has 1 unspecified atom stereocenters. The zero-order chi connectivity index (χ0) is 18.2. The number of piperidine rings is 1. The average molecular weight is 352 g/mol. The molecule has 0 spiro atoms. The predicted molar refractivity (Wildman–Crippen MR) is 87.0 cm³/mol. The number of hydrogen-bond acceptors (Lipinski definition) is 3. The van der Waals surface area contributed by atoms with E-state index in [4.69, 9.17) is 0 Å². The summed E-state index contributed by atoms with van der Waals surface area (Å²) in [4.78, 5) is 13.8. The monoisotopic (exact) mass is 352 g/mol. The molecule has 3 N–H and O–H groups in total. The third-order valence-corrected chi connectivity index (χ3v) is 4.63. The van der Waals surface area contributed by atoms with Crippen LogP contribution >= 0.6 is 0 Å². The van der Waals surface area contributed by atoms with Crippen molar-refractivity contribution in [1.29, 1.82) is 0 Å². The fourth-order valence-electron chi connectivity index (χ4n) is 3.45. The molecule has 3 rings (SSSR count). The minimum Gasteiger partial charge on any atom is -0.385 e. The van der Waals surface area contributed by atoms with Crippen LogP contribution in [0.5, 0.6) is 0 Å². The van der Waals surface area contributed by atoms with Crippen molar-refractivity contribution in [3.05, 3.63) is 69.6 Å². The first-order valence-electron chi connectivity index (χ1n) is 8.02. The Kier molecular flexibility index (Phi) is 4.47. The highest BCUT2D eigenvalue weighted by atomic mass is 19.4. The van der Waals surface area contributed by atoms with Crippen molar-refractivity contribution in [3.63, 3.8) is 0 Å². The third-order valence-electron chi connectivity index (χ3n) is 4.63. The van der Waals surface area contributed by atoms with Crippen molar-refractivity contribution in [2.75, 3.05) is 0 Å². The molecule has 2 heterocycles. The number of alkyl halides is 3. The zero-order valence-electron chi connectivity index (χ0n) is 13.6. The summed E-state index contributed by atoms with van der Waals surface area (Å²) >= 11 is 0. The lowest BCUT2D eigenvalue weighted by molar-refractivity contribution is -0.137. The van der Waals surface area contributed by atoms with E-state index < -0.39 is 17.3 Å². The van der Waals surface area contributed by atoms with Crippen LogP contribution in [-0.4, -0.2) is 16.1 Å². The van der Waals surface area contributed by atoms with Crippen LogP contribution in [0.1, 0.15) is 42.5 Å². The molecular weight excluding hydrogens is 333 g/mol. The second kappa shape index (κ2) is 6.31. The first kappa shape index (κ1) is 17.7. The van der Waals surface area contributed by atoms with Crippen LogP contribution in [0.3, 0.4) is 0 Å². The van der Waals surface area contributed by atoms with Gasteiger partial charge in [-0.25, -0.2) is 0 Å². The lowest BCUT2D eigenvalue weighted by Gasteiger charge is -2.41. The molecule has 134 valence electrons. The quantitative estimate of drug-likeness (QED) is 0.778. The fraction of sp³-hybridized carbons (Fsp3) is 0.389. The Morgan fingerprint density at radius 2 is 1.80 bits per heavy atom. The summed E-state index contributed by atoms with van der Waals surface area (Å²) in [6.45, 7) is 1.91. The molecule has 1 aliphatic rings. The van der Waals surface area contributed by atoms with E-state index in [-0.39, 0.29) is 17.6 Å². The smallest absolute Gasteiger partial charge is 0.385 e. The first-order valence-corrected chi connectivity index (χ1v) is 8.02. The molecular formula is C18H19F3N2O2. The number of aliphatic hydroxyl groups is 1. The van der Waals surface area contributed by atoms with Crippen molar-refractivity contribution in [2.24, 2.45) is 0 Å². The maximum absolute atomic E-state index is 12.7. The molecule has 0 aliphatic carbocycles. The van der Waals surface area contributed by atoms with Crippen LogP contribution < -0.4 is 10.9 Å². The van der Waals surface area contributed by atoms with Gasteiger partial charge in [-0.05, 0) is 43.0 Å². The maximum atomic E-state index is 12.7. The van der Waals surface area contributed by atoms with Crippen molar-refractivity contribution >= 4 is 0 Å². The lowest BCUT2D eigenvalue weighted by Crippen LogP contribution is -2.47. The molecule has 0 amide bonds. The van der Waals surface area contributed by atoms with Crippen LogP contribution in [0.2, 0.25) is 0 Å². The highest BCUT2D eigenvalue weighted by molar-refractivity contribution is 5.30. The Labute approximate surface area is 142 Å². The van der Waals surface area contributed by atoms with Gasteiger partial charge in [0.15, 0.2) is 0 Å². The largest absolute Gasteiger partial charge is 0.416 e. The minimum atomic E-state index is -4.40.